The lowest BCUT2D eigenvalue weighted by Gasteiger charge is -2.31. The topological polar surface area (TPSA) is 92.5 Å². The number of carbonyl (C=O) groups is 1. The summed E-state index contributed by atoms with van der Waals surface area (Å²) in [5.41, 5.74) is 5.71. The average Bonchev–Trinajstić information content (AvgIpc) is 2.73. The molecule has 0 saturated carbocycles. The minimum Gasteiger partial charge on any atom is -0.356 e. The van der Waals surface area contributed by atoms with Gasteiger partial charge in [0.05, 0.1) is 11.5 Å². The Kier molecular flexibility index (Phi) is 6.22. The van der Waals surface area contributed by atoms with Crippen molar-refractivity contribution in [1.29, 1.82) is 0 Å². The average molecular weight is 291 g/mol. The molecule has 112 valence electrons. The highest BCUT2D eigenvalue weighted by Crippen LogP contribution is 2.19. The first kappa shape index (κ1) is 16.4. The molecule has 1 rings (SSSR count). The van der Waals surface area contributed by atoms with Crippen LogP contribution in [0.15, 0.2) is 0 Å². The van der Waals surface area contributed by atoms with Crippen LogP contribution in [0.5, 0.6) is 0 Å². The van der Waals surface area contributed by atoms with Crippen LogP contribution < -0.4 is 11.1 Å². The predicted molar refractivity (Wildman–Crippen MR) is 75.6 cm³/mol. The van der Waals surface area contributed by atoms with Crippen molar-refractivity contribution >= 4 is 15.7 Å². The van der Waals surface area contributed by atoms with Crippen molar-refractivity contribution in [2.75, 3.05) is 31.6 Å². The van der Waals surface area contributed by atoms with Gasteiger partial charge < -0.3 is 11.1 Å². The minimum absolute atomic E-state index is 0.0162. The van der Waals surface area contributed by atoms with Crippen molar-refractivity contribution < 1.29 is 13.2 Å². The zero-order valence-electron chi connectivity index (χ0n) is 11.8. The Morgan fingerprint density at radius 2 is 2.21 bits per heavy atom. The monoisotopic (exact) mass is 291 g/mol. The maximum Gasteiger partial charge on any atom is 0.221 e. The Labute approximate surface area is 115 Å². The van der Waals surface area contributed by atoms with Gasteiger partial charge in [0, 0.05) is 31.6 Å². The van der Waals surface area contributed by atoms with E-state index in [4.69, 9.17) is 5.73 Å². The van der Waals surface area contributed by atoms with Crippen molar-refractivity contribution in [2.45, 2.75) is 38.3 Å². The molecule has 0 aromatic rings. The molecule has 7 heteroatoms. The summed E-state index contributed by atoms with van der Waals surface area (Å²) in [5, 5.41) is 2.82. The van der Waals surface area contributed by atoms with Crippen LogP contribution in [-0.4, -0.2) is 63.0 Å². The Balaban J connectivity index is 2.52. The highest BCUT2D eigenvalue weighted by atomic mass is 32.2. The van der Waals surface area contributed by atoms with Crippen LogP contribution in [0.3, 0.4) is 0 Å². The third-order valence-electron chi connectivity index (χ3n) is 3.63. The van der Waals surface area contributed by atoms with Gasteiger partial charge in [-0.2, -0.15) is 0 Å². The summed E-state index contributed by atoms with van der Waals surface area (Å²) < 4.78 is 23.0. The van der Waals surface area contributed by atoms with E-state index in [1.807, 2.05) is 18.9 Å². The van der Waals surface area contributed by atoms with E-state index in [0.29, 0.717) is 25.9 Å². The highest BCUT2D eigenvalue weighted by molar-refractivity contribution is 7.91. The molecule has 19 heavy (non-hydrogen) atoms. The standard InChI is InChI=1S/C12H25N3O3S/c1-3-5-14-12(16)7-11(8-13)15(2)10-4-6-19(17,18)9-10/h10-11H,3-9,13H2,1-2H3,(H,14,16). The van der Waals surface area contributed by atoms with E-state index in [2.05, 4.69) is 5.32 Å². The van der Waals surface area contributed by atoms with E-state index in [-0.39, 0.29) is 29.5 Å². The van der Waals surface area contributed by atoms with Gasteiger partial charge in [0.2, 0.25) is 5.91 Å². The van der Waals surface area contributed by atoms with Gasteiger partial charge in [0.1, 0.15) is 0 Å². The van der Waals surface area contributed by atoms with E-state index in [0.717, 1.165) is 6.42 Å². The van der Waals surface area contributed by atoms with Crippen LogP contribution in [0.25, 0.3) is 0 Å². The molecule has 0 bridgehead atoms. The quantitative estimate of drug-likeness (QED) is 0.650. The lowest BCUT2D eigenvalue weighted by atomic mass is 10.1. The molecule has 0 radical (unpaired) electrons. The molecule has 0 aromatic heterocycles. The summed E-state index contributed by atoms with van der Waals surface area (Å²) in [7, 11) is -1.05. The molecule has 0 aromatic carbocycles. The molecular formula is C12H25N3O3S. The number of likely N-dealkylation sites (N-methyl/N-ethyl adjacent to an activating group) is 1. The summed E-state index contributed by atoms with van der Waals surface area (Å²) in [4.78, 5) is 13.7. The number of nitrogens with two attached hydrogens (primary N) is 1. The van der Waals surface area contributed by atoms with Gasteiger partial charge in [0.15, 0.2) is 9.84 Å². The van der Waals surface area contributed by atoms with E-state index >= 15 is 0 Å². The molecule has 2 unspecified atom stereocenters. The van der Waals surface area contributed by atoms with Crippen LogP contribution in [-0.2, 0) is 14.6 Å². The molecular weight excluding hydrogens is 266 g/mol. The summed E-state index contributed by atoms with van der Waals surface area (Å²) in [6.07, 6.45) is 1.85. The normalized spacial score (nSPS) is 23.5. The van der Waals surface area contributed by atoms with Crippen LogP contribution in [0.1, 0.15) is 26.2 Å². The number of hydrogen-bond donors (Lipinski definition) is 2. The Morgan fingerprint density at radius 1 is 1.53 bits per heavy atom. The SMILES string of the molecule is CCCNC(=O)CC(CN)N(C)C1CCS(=O)(=O)C1. The number of nitrogens with one attached hydrogen (secondary N) is 1. The fraction of sp³-hybridized carbons (Fsp3) is 0.917. The first-order valence-electron chi connectivity index (χ1n) is 6.78. The van der Waals surface area contributed by atoms with Gasteiger partial charge in [-0.3, -0.25) is 9.69 Å². The van der Waals surface area contributed by atoms with E-state index in [1.54, 1.807) is 0 Å². The number of hydrogen-bond acceptors (Lipinski definition) is 5. The second kappa shape index (κ2) is 7.21. The fourth-order valence-corrected chi connectivity index (χ4v) is 4.12. The second-order valence-electron chi connectivity index (χ2n) is 5.17. The summed E-state index contributed by atoms with van der Waals surface area (Å²) >= 11 is 0. The van der Waals surface area contributed by atoms with Gasteiger partial charge >= 0.3 is 0 Å². The molecule has 1 heterocycles. The van der Waals surface area contributed by atoms with E-state index < -0.39 is 9.84 Å². The van der Waals surface area contributed by atoms with Gasteiger partial charge in [-0.25, -0.2) is 8.42 Å². The third-order valence-corrected chi connectivity index (χ3v) is 5.38. The molecule has 0 spiro atoms. The number of nitrogens with zero attached hydrogens (tertiary/aromatic N) is 1. The zero-order valence-corrected chi connectivity index (χ0v) is 12.6. The zero-order chi connectivity index (χ0) is 14.5. The van der Waals surface area contributed by atoms with Gasteiger partial charge in [-0.05, 0) is 19.9 Å². The molecule has 2 atom stereocenters. The van der Waals surface area contributed by atoms with Crippen molar-refractivity contribution in [3.8, 4) is 0 Å². The summed E-state index contributed by atoms with van der Waals surface area (Å²) in [6.45, 7) is 3.01. The highest BCUT2D eigenvalue weighted by Gasteiger charge is 2.33. The number of sulfone groups is 1. The molecule has 1 aliphatic rings. The maximum atomic E-state index is 11.7. The number of carbonyl (C=O) groups excluding carboxylic acids is 1. The lowest BCUT2D eigenvalue weighted by Crippen LogP contribution is -2.47. The second-order valence-corrected chi connectivity index (χ2v) is 7.39. The lowest BCUT2D eigenvalue weighted by molar-refractivity contribution is -0.122. The predicted octanol–water partition coefficient (Wildman–Crippen LogP) is -0.651. The van der Waals surface area contributed by atoms with Gasteiger partial charge in [0.25, 0.3) is 0 Å². The van der Waals surface area contributed by atoms with Crippen molar-refractivity contribution in [1.82, 2.24) is 10.2 Å². The maximum absolute atomic E-state index is 11.7. The first-order valence-corrected chi connectivity index (χ1v) is 8.61. The van der Waals surface area contributed by atoms with Gasteiger partial charge in [-0.1, -0.05) is 6.92 Å². The third kappa shape index (κ3) is 5.08. The van der Waals surface area contributed by atoms with Crippen molar-refractivity contribution in [3.63, 3.8) is 0 Å². The molecule has 1 fully saturated rings. The Morgan fingerprint density at radius 3 is 2.68 bits per heavy atom. The van der Waals surface area contributed by atoms with Crippen LogP contribution >= 0.6 is 0 Å². The first-order chi connectivity index (χ1) is 8.89. The molecule has 0 aliphatic carbocycles. The van der Waals surface area contributed by atoms with E-state index in [1.165, 1.54) is 0 Å². The van der Waals surface area contributed by atoms with Crippen LogP contribution in [0.2, 0.25) is 0 Å². The van der Waals surface area contributed by atoms with Gasteiger partial charge in [-0.15, -0.1) is 0 Å². The van der Waals surface area contributed by atoms with Crippen LogP contribution in [0, 0.1) is 0 Å². The number of amides is 1. The Bertz CT molecular complexity index is 397. The summed E-state index contributed by atoms with van der Waals surface area (Å²) in [6, 6.07) is -0.118. The Hall–Kier alpha value is -0.660. The molecule has 1 saturated heterocycles. The molecule has 1 aliphatic heterocycles. The molecule has 3 N–H and O–H groups in total. The van der Waals surface area contributed by atoms with E-state index in [9.17, 15) is 13.2 Å². The largest absolute Gasteiger partial charge is 0.356 e. The smallest absolute Gasteiger partial charge is 0.221 e. The number of rotatable bonds is 7. The summed E-state index contributed by atoms with van der Waals surface area (Å²) in [5.74, 6) is 0.391. The minimum atomic E-state index is -2.91. The molecule has 1 amide bonds. The van der Waals surface area contributed by atoms with Crippen molar-refractivity contribution in [2.24, 2.45) is 5.73 Å². The van der Waals surface area contributed by atoms with Crippen molar-refractivity contribution in [3.05, 3.63) is 0 Å². The molecule has 6 nitrogen and oxygen atoms in total. The van der Waals surface area contributed by atoms with Crippen LogP contribution in [0.4, 0.5) is 0 Å². The fourth-order valence-electron chi connectivity index (χ4n) is 2.34.